The Hall–Kier alpha value is -0.0887. The summed E-state index contributed by atoms with van der Waals surface area (Å²) in [5.74, 6) is 0.961. The molecule has 29 heavy (non-hydrogen) atoms. The van der Waals surface area contributed by atoms with Gasteiger partial charge in [0.1, 0.15) is 0 Å². The average molecular weight is 466 g/mol. The predicted octanol–water partition coefficient (Wildman–Crippen LogP) is 3.23. The van der Waals surface area contributed by atoms with Gasteiger partial charge in [-0.3, -0.25) is 0 Å². The Balaban J connectivity index is 2.19. The fourth-order valence-corrected chi connectivity index (χ4v) is 4.65. The topological polar surface area (TPSA) is 78.4 Å². The maximum Gasteiger partial charge on any atom is -0.0165 e. The van der Waals surface area contributed by atoms with Crippen molar-refractivity contribution in [3.05, 3.63) is 0 Å². The van der Waals surface area contributed by atoms with Crippen LogP contribution in [0.2, 0.25) is 6.04 Å². The van der Waals surface area contributed by atoms with Gasteiger partial charge >= 0.3 is 109 Å². The molecule has 0 spiro atoms. The molecule has 0 aliphatic carbocycles. The number of carbonyl (C=O) groups is 1. The van der Waals surface area contributed by atoms with E-state index in [0.717, 1.165) is 31.7 Å². The number of ether oxygens (including phenoxy) is 2. The molecule has 2 radical (unpaired) electrons. The van der Waals surface area contributed by atoms with E-state index in [0.29, 0.717) is 41.4 Å². The first-order chi connectivity index (χ1) is 13.9. The molecule has 167 valence electrons. The van der Waals surface area contributed by atoms with Gasteiger partial charge in [0.15, 0.2) is 0 Å². The van der Waals surface area contributed by atoms with Crippen LogP contribution in [0.1, 0.15) is 60.3 Å². The van der Waals surface area contributed by atoms with E-state index in [9.17, 15) is 4.79 Å². The Labute approximate surface area is 188 Å². The van der Waals surface area contributed by atoms with Gasteiger partial charge in [-0.05, 0) is 18.8 Å². The number of amides is 1. The van der Waals surface area contributed by atoms with Crippen molar-refractivity contribution in [3.63, 3.8) is 0 Å². The van der Waals surface area contributed by atoms with Crippen molar-refractivity contribution >= 4 is 15.7 Å². The first-order valence-corrected chi connectivity index (χ1v) is 12.5. The summed E-state index contributed by atoms with van der Waals surface area (Å²) in [5, 5.41) is 2.92. The molecule has 1 amide bonds. The first kappa shape index (κ1) is 26.9. The molecule has 0 aromatic rings. The second-order valence-corrected chi connectivity index (χ2v) is 9.17. The van der Waals surface area contributed by atoms with Crippen molar-refractivity contribution in [3.8, 4) is 0 Å². The third-order valence-electron chi connectivity index (χ3n) is 6.13. The van der Waals surface area contributed by atoms with Crippen molar-refractivity contribution in [2.45, 2.75) is 84.2 Å². The SMILES string of the molecule is CCC(C)C(C)(O[Si]CCCNC(=O)COC1CCOC1CO[N]=[V])C(C)CC. The minimum Gasteiger partial charge on any atom is -0.0650 e. The molecule has 1 fully saturated rings. The minimum atomic E-state index is -0.167. The molecular formula is C20H38N2O5SiV. The Morgan fingerprint density at radius 3 is 2.66 bits per heavy atom. The van der Waals surface area contributed by atoms with E-state index < -0.39 is 0 Å². The summed E-state index contributed by atoms with van der Waals surface area (Å²) in [6.07, 6.45) is 3.62. The number of nitrogens with zero attached hydrogens (tertiary/aromatic N) is 1. The van der Waals surface area contributed by atoms with Crippen LogP contribution < -0.4 is 5.32 Å². The van der Waals surface area contributed by atoms with Crippen LogP contribution in [0.15, 0.2) is 3.95 Å². The molecule has 0 saturated carbocycles. The third-order valence-corrected chi connectivity index (χ3v) is 7.45. The smallest absolute Gasteiger partial charge is 0.0165 e. The van der Waals surface area contributed by atoms with Crippen molar-refractivity contribution < 1.29 is 40.8 Å². The zero-order chi connectivity index (χ0) is 21.7. The van der Waals surface area contributed by atoms with Crippen LogP contribution in [0.3, 0.4) is 0 Å². The second-order valence-electron chi connectivity index (χ2n) is 7.93. The van der Waals surface area contributed by atoms with Gasteiger partial charge in [0.25, 0.3) is 0 Å². The number of carbonyl (C=O) groups excluding carboxylic acids is 1. The largest absolute Gasteiger partial charge is 0.0650 e. The van der Waals surface area contributed by atoms with Crippen LogP contribution in [-0.2, 0) is 40.8 Å². The van der Waals surface area contributed by atoms with Crippen LogP contribution in [-0.4, -0.2) is 59.8 Å². The van der Waals surface area contributed by atoms with Gasteiger partial charge in [-0.25, -0.2) is 0 Å². The monoisotopic (exact) mass is 465 g/mol. The van der Waals surface area contributed by atoms with Crippen LogP contribution in [0.25, 0.3) is 0 Å². The molecule has 1 rings (SSSR count). The predicted molar refractivity (Wildman–Crippen MR) is 109 cm³/mol. The maximum absolute atomic E-state index is 12.0. The fourth-order valence-electron chi connectivity index (χ4n) is 3.41. The fraction of sp³-hybridized carbons (Fsp3) is 0.950. The Morgan fingerprint density at radius 1 is 1.34 bits per heavy atom. The molecule has 0 aromatic carbocycles. The van der Waals surface area contributed by atoms with Crippen molar-refractivity contribution in [1.82, 2.24) is 5.32 Å². The first-order valence-electron chi connectivity index (χ1n) is 10.8. The van der Waals surface area contributed by atoms with Gasteiger partial charge in [0.2, 0.25) is 9.76 Å². The standard InChI is InChI=1S/C20H38N2O5Si.V/c1-6-15(3)20(5,16(4)7-2)27-28-12-8-10-22-19(23)14-25-17-9-11-24-18(17)13-26-21;/h15-18H,6-14H2,1-5H3,(H,22,23);. The quantitative estimate of drug-likeness (QED) is 0.215. The van der Waals surface area contributed by atoms with Crippen molar-refractivity contribution in [2.75, 3.05) is 26.4 Å². The number of hydrogen-bond donors (Lipinski definition) is 1. The molecule has 1 aliphatic rings. The van der Waals surface area contributed by atoms with E-state index >= 15 is 0 Å². The van der Waals surface area contributed by atoms with Gasteiger partial charge in [-0.2, -0.15) is 0 Å². The van der Waals surface area contributed by atoms with Crippen LogP contribution >= 0.6 is 0 Å². The average Bonchev–Trinajstić information content (AvgIpc) is 3.18. The van der Waals surface area contributed by atoms with Crippen LogP contribution in [0.4, 0.5) is 0 Å². The van der Waals surface area contributed by atoms with Gasteiger partial charge in [0.05, 0.1) is 5.60 Å². The molecule has 1 aliphatic heterocycles. The zero-order valence-corrected chi connectivity index (χ0v) is 21.0. The number of rotatable bonds is 16. The van der Waals surface area contributed by atoms with E-state index in [4.69, 9.17) is 18.7 Å². The van der Waals surface area contributed by atoms with E-state index in [1.54, 1.807) is 0 Å². The molecule has 4 atom stereocenters. The number of nitrogens with one attached hydrogen (secondary N) is 1. The van der Waals surface area contributed by atoms with Crippen molar-refractivity contribution in [2.24, 2.45) is 15.8 Å². The van der Waals surface area contributed by atoms with Gasteiger partial charge in [-0.15, -0.1) is 0 Å². The normalized spacial score (nSPS) is 23.3. The molecule has 1 N–H and O–H groups in total. The summed E-state index contributed by atoms with van der Waals surface area (Å²) in [6, 6.07) is 0.957. The zero-order valence-electron chi connectivity index (χ0n) is 18.6. The van der Waals surface area contributed by atoms with E-state index in [1.807, 2.05) is 17.2 Å². The maximum atomic E-state index is 12.0. The molecule has 9 heteroatoms. The molecule has 7 nitrogen and oxygen atoms in total. The molecule has 4 unspecified atom stereocenters. The van der Waals surface area contributed by atoms with E-state index in [-0.39, 0.29) is 30.3 Å². The van der Waals surface area contributed by atoms with Gasteiger partial charge < -0.3 is 4.43 Å². The second kappa shape index (κ2) is 14.8. The van der Waals surface area contributed by atoms with Gasteiger partial charge in [-0.1, -0.05) is 40.5 Å². The summed E-state index contributed by atoms with van der Waals surface area (Å²) < 4.78 is 21.1. The Kier molecular flexibility index (Phi) is 13.8. The molecule has 0 bridgehead atoms. The number of hydrogen-bond acceptors (Lipinski definition) is 6. The summed E-state index contributed by atoms with van der Waals surface area (Å²) in [5.41, 5.74) is -0.0767. The van der Waals surface area contributed by atoms with E-state index in [2.05, 4.69) is 43.9 Å². The summed E-state index contributed by atoms with van der Waals surface area (Å²) in [6.45, 7) is 12.9. The summed E-state index contributed by atoms with van der Waals surface area (Å²) in [7, 11) is 0.457. The Bertz CT molecular complexity index is 476. The minimum absolute atomic E-state index is 0.0444. The van der Waals surface area contributed by atoms with Crippen LogP contribution in [0, 0.1) is 11.8 Å². The summed E-state index contributed by atoms with van der Waals surface area (Å²) in [4.78, 5) is 17.0. The van der Waals surface area contributed by atoms with E-state index in [1.165, 1.54) is 0 Å². The van der Waals surface area contributed by atoms with Crippen molar-refractivity contribution in [1.29, 1.82) is 0 Å². The summed E-state index contributed by atoms with van der Waals surface area (Å²) >= 11 is 2.01. The molecule has 1 heterocycles. The van der Waals surface area contributed by atoms with Crippen LogP contribution in [0.5, 0.6) is 0 Å². The van der Waals surface area contributed by atoms with Gasteiger partial charge in [0, 0.05) is 0 Å². The molecule has 1 saturated heterocycles. The molecular weight excluding hydrogens is 427 g/mol. The Morgan fingerprint density at radius 2 is 2.03 bits per heavy atom. The molecule has 0 aromatic heterocycles. The third kappa shape index (κ3) is 9.29.